The van der Waals surface area contributed by atoms with E-state index in [2.05, 4.69) is 10.5 Å². The first-order valence-electron chi connectivity index (χ1n) is 7.51. The first-order chi connectivity index (χ1) is 11.0. The van der Waals surface area contributed by atoms with Crippen molar-refractivity contribution in [2.24, 2.45) is 5.92 Å². The van der Waals surface area contributed by atoms with Crippen LogP contribution in [0.5, 0.6) is 0 Å². The fourth-order valence-electron chi connectivity index (χ4n) is 2.31. The summed E-state index contributed by atoms with van der Waals surface area (Å²) in [4.78, 5) is 12.6. The van der Waals surface area contributed by atoms with Gasteiger partial charge < -0.3 is 20.0 Å². The number of rotatable bonds is 4. The molecule has 23 heavy (non-hydrogen) atoms. The summed E-state index contributed by atoms with van der Waals surface area (Å²) in [6.07, 6.45) is 1.56. The molecule has 6 heteroatoms. The molecule has 0 saturated carbocycles. The number of nitrogens with one attached hydrogen (secondary N) is 1. The molecular weight excluding hydrogens is 294 g/mol. The van der Waals surface area contributed by atoms with Crippen LogP contribution in [0.2, 0.25) is 0 Å². The highest BCUT2D eigenvalue weighted by Gasteiger charge is 2.26. The molecule has 1 aromatic carbocycles. The highest BCUT2D eigenvalue weighted by molar-refractivity contribution is 6.06. The number of nitrogens with zero attached hydrogens (tertiary/aromatic N) is 1. The number of hydrogen-bond donors (Lipinski definition) is 2. The zero-order chi connectivity index (χ0) is 16.6. The van der Waals surface area contributed by atoms with Gasteiger partial charge in [0.2, 0.25) is 5.88 Å². The predicted octanol–water partition coefficient (Wildman–Crippen LogP) is 3.44. The molecule has 0 aliphatic heterocycles. The zero-order valence-corrected chi connectivity index (χ0v) is 13.3. The van der Waals surface area contributed by atoms with Gasteiger partial charge in [-0.3, -0.25) is 4.79 Å². The molecule has 0 aliphatic carbocycles. The smallest absolute Gasteiger partial charge is 0.259 e. The van der Waals surface area contributed by atoms with Crippen molar-refractivity contribution in [2.45, 2.75) is 26.8 Å². The Morgan fingerprint density at radius 1 is 1.26 bits per heavy atom. The maximum absolute atomic E-state index is 12.6. The van der Waals surface area contributed by atoms with Gasteiger partial charge in [-0.1, -0.05) is 37.2 Å². The van der Waals surface area contributed by atoms with Crippen LogP contribution in [-0.4, -0.2) is 17.1 Å². The van der Waals surface area contributed by atoms with Crippen LogP contribution in [0.15, 0.2) is 39.5 Å². The molecule has 1 unspecified atom stereocenters. The molecule has 0 aliphatic rings. The molecule has 2 heterocycles. The first kappa shape index (κ1) is 15.1. The number of carbonyl (C=O) groups is 1. The SMILES string of the molecule is CC(C)C(C)NC(=O)c1c(-c2coc3ccccc23)noc1N. The molecule has 120 valence electrons. The lowest BCUT2D eigenvalue weighted by Crippen LogP contribution is -2.36. The zero-order valence-electron chi connectivity index (χ0n) is 13.3. The Hall–Kier alpha value is -2.76. The minimum Gasteiger partial charge on any atom is -0.464 e. The van der Waals surface area contributed by atoms with E-state index in [0.29, 0.717) is 22.8 Å². The van der Waals surface area contributed by atoms with Crippen molar-refractivity contribution >= 4 is 22.8 Å². The Kier molecular flexibility index (Phi) is 3.82. The summed E-state index contributed by atoms with van der Waals surface area (Å²) in [6.45, 7) is 6.01. The molecule has 0 radical (unpaired) electrons. The second-order valence-corrected chi connectivity index (χ2v) is 5.92. The Bertz CT molecular complexity index is 848. The molecule has 1 amide bonds. The van der Waals surface area contributed by atoms with E-state index in [9.17, 15) is 4.79 Å². The lowest BCUT2D eigenvalue weighted by atomic mass is 10.0. The number of furan rings is 1. The van der Waals surface area contributed by atoms with E-state index in [0.717, 1.165) is 5.39 Å². The fourth-order valence-corrected chi connectivity index (χ4v) is 2.31. The van der Waals surface area contributed by atoms with E-state index >= 15 is 0 Å². The van der Waals surface area contributed by atoms with E-state index in [1.165, 1.54) is 0 Å². The lowest BCUT2D eigenvalue weighted by Gasteiger charge is -2.17. The summed E-state index contributed by atoms with van der Waals surface area (Å²) in [5.74, 6) is 0.00204. The Morgan fingerprint density at radius 3 is 2.74 bits per heavy atom. The number of nitrogens with two attached hydrogens (primary N) is 1. The number of benzene rings is 1. The van der Waals surface area contributed by atoms with Gasteiger partial charge in [-0.15, -0.1) is 0 Å². The van der Waals surface area contributed by atoms with Crippen molar-refractivity contribution in [3.8, 4) is 11.3 Å². The Labute approximate surface area is 133 Å². The van der Waals surface area contributed by atoms with Crippen LogP contribution in [0.3, 0.4) is 0 Å². The number of fused-ring (bicyclic) bond motifs is 1. The number of nitrogen functional groups attached to an aromatic ring is 1. The second kappa shape index (κ2) is 5.79. The summed E-state index contributed by atoms with van der Waals surface area (Å²) in [5.41, 5.74) is 7.85. The van der Waals surface area contributed by atoms with Crippen molar-refractivity contribution < 1.29 is 13.7 Å². The van der Waals surface area contributed by atoms with Gasteiger partial charge in [-0.25, -0.2) is 0 Å². The number of anilines is 1. The summed E-state index contributed by atoms with van der Waals surface area (Å²) in [6, 6.07) is 7.53. The molecule has 6 nitrogen and oxygen atoms in total. The molecule has 3 N–H and O–H groups in total. The lowest BCUT2D eigenvalue weighted by molar-refractivity contribution is 0.0931. The average Bonchev–Trinajstić information content (AvgIpc) is 3.10. The van der Waals surface area contributed by atoms with Crippen molar-refractivity contribution in [3.63, 3.8) is 0 Å². The average molecular weight is 313 g/mol. The van der Waals surface area contributed by atoms with Crippen LogP contribution in [0.25, 0.3) is 22.2 Å². The molecule has 0 spiro atoms. The monoisotopic (exact) mass is 313 g/mol. The van der Waals surface area contributed by atoms with Gasteiger partial charge in [0.25, 0.3) is 5.91 Å². The number of carbonyl (C=O) groups excluding carboxylic acids is 1. The standard InChI is InChI=1S/C17H19N3O3/c1-9(2)10(3)19-17(21)14-15(20-23-16(14)18)12-8-22-13-7-5-4-6-11(12)13/h4-10H,18H2,1-3H3,(H,19,21). The van der Waals surface area contributed by atoms with E-state index < -0.39 is 0 Å². The summed E-state index contributed by atoms with van der Waals surface area (Å²) in [5, 5.41) is 7.74. The molecule has 3 aromatic rings. The quantitative estimate of drug-likeness (QED) is 0.769. The molecule has 1 atom stereocenters. The van der Waals surface area contributed by atoms with E-state index in [1.54, 1.807) is 6.26 Å². The van der Waals surface area contributed by atoms with E-state index in [1.807, 2.05) is 45.0 Å². The molecule has 0 fully saturated rings. The summed E-state index contributed by atoms with van der Waals surface area (Å²) in [7, 11) is 0. The van der Waals surface area contributed by atoms with Gasteiger partial charge in [-0.05, 0) is 18.9 Å². The predicted molar refractivity (Wildman–Crippen MR) is 87.9 cm³/mol. The topological polar surface area (TPSA) is 94.3 Å². The Balaban J connectivity index is 2.04. The third-order valence-corrected chi connectivity index (χ3v) is 4.04. The minimum absolute atomic E-state index is 0.00117. The third kappa shape index (κ3) is 2.67. The van der Waals surface area contributed by atoms with Crippen LogP contribution in [-0.2, 0) is 0 Å². The molecule has 2 aromatic heterocycles. The van der Waals surface area contributed by atoms with Crippen LogP contribution >= 0.6 is 0 Å². The maximum atomic E-state index is 12.6. The number of aromatic nitrogens is 1. The van der Waals surface area contributed by atoms with Crippen LogP contribution in [0, 0.1) is 5.92 Å². The highest BCUT2D eigenvalue weighted by atomic mass is 16.5. The largest absolute Gasteiger partial charge is 0.464 e. The van der Waals surface area contributed by atoms with Crippen molar-refractivity contribution in [2.75, 3.05) is 5.73 Å². The van der Waals surface area contributed by atoms with Crippen LogP contribution < -0.4 is 11.1 Å². The summed E-state index contributed by atoms with van der Waals surface area (Å²) < 4.78 is 10.6. The van der Waals surface area contributed by atoms with Crippen LogP contribution in [0.1, 0.15) is 31.1 Å². The molecule has 3 rings (SSSR count). The van der Waals surface area contributed by atoms with E-state index in [4.69, 9.17) is 14.7 Å². The van der Waals surface area contributed by atoms with Gasteiger partial charge in [0.15, 0.2) is 0 Å². The van der Waals surface area contributed by atoms with Gasteiger partial charge >= 0.3 is 0 Å². The van der Waals surface area contributed by atoms with Gasteiger partial charge in [0.05, 0.1) is 5.56 Å². The highest BCUT2D eigenvalue weighted by Crippen LogP contribution is 2.34. The number of para-hydroxylation sites is 1. The van der Waals surface area contributed by atoms with Gasteiger partial charge in [0, 0.05) is 11.4 Å². The van der Waals surface area contributed by atoms with Gasteiger partial charge in [0.1, 0.15) is 23.1 Å². The molecule has 0 bridgehead atoms. The minimum atomic E-state index is -0.301. The molecular formula is C17H19N3O3. The number of amides is 1. The van der Waals surface area contributed by atoms with Gasteiger partial charge in [-0.2, -0.15) is 0 Å². The van der Waals surface area contributed by atoms with Crippen molar-refractivity contribution in [1.82, 2.24) is 10.5 Å². The normalized spacial score (nSPS) is 12.7. The maximum Gasteiger partial charge on any atom is 0.259 e. The second-order valence-electron chi connectivity index (χ2n) is 5.92. The third-order valence-electron chi connectivity index (χ3n) is 4.04. The summed E-state index contributed by atoms with van der Waals surface area (Å²) >= 11 is 0. The van der Waals surface area contributed by atoms with Crippen LogP contribution in [0.4, 0.5) is 5.88 Å². The van der Waals surface area contributed by atoms with Crippen molar-refractivity contribution in [1.29, 1.82) is 0 Å². The van der Waals surface area contributed by atoms with E-state index in [-0.39, 0.29) is 23.4 Å². The Morgan fingerprint density at radius 2 is 2.00 bits per heavy atom. The fraction of sp³-hybridized carbons (Fsp3) is 0.294. The molecule has 0 saturated heterocycles. The first-order valence-corrected chi connectivity index (χ1v) is 7.51. The van der Waals surface area contributed by atoms with Crippen molar-refractivity contribution in [3.05, 3.63) is 36.1 Å². The number of hydrogen-bond acceptors (Lipinski definition) is 5.